The van der Waals surface area contributed by atoms with Crippen LogP contribution in [0.25, 0.3) is 122 Å². The Morgan fingerprint density at radius 3 is 1.50 bits per heavy atom. The van der Waals surface area contributed by atoms with Crippen LogP contribution < -0.4 is 0 Å². The summed E-state index contributed by atoms with van der Waals surface area (Å²) < 4.78 is 0. The van der Waals surface area contributed by atoms with E-state index in [-0.39, 0.29) is 0 Å². The van der Waals surface area contributed by atoms with Crippen molar-refractivity contribution in [3.05, 3.63) is 194 Å². The molecule has 0 radical (unpaired) electrons. The molecule has 5 nitrogen and oxygen atoms in total. The molecule has 0 aliphatic heterocycles. The Morgan fingerprint density at radius 2 is 0.850 bits per heavy atom. The Hall–Kier alpha value is -8.33. The Morgan fingerprint density at radius 1 is 0.367 bits per heavy atom. The van der Waals surface area contributed by atoms with Gasteiger partial charge in [-0.15, -0.1) is 0 Å². The molecule has 11 aromatic rings. The number of hydrogen-bond acceptors (Lipinski definition) is 5. The van der Waals surface area contributed by atoms with Crippen molar-refractivity contribution in [1.29, 1.82) is 5.26 Å². The highest BCUT2D eigenvalue weighted by Gasteiger charge is 2.26. The molecule has 0 unspecified atom stereocenters. The number of benzene rings is 8. The molecular weight excluding hydrogens is 731 g/mol. The standard InChI is InChI=1S/C55H31N5/c56-30-33-15-17-34(18-16-33)39-19-22-47-42-11-3-4-12-43(42)48-23-24-49(53(39)54(47)48)44-20-21-46(41-10-2-1-9-40(41)44)52-29-51(45-13-5-7-35-31-57-27-25-37(35)45)59-55(60-52)50-14-6-8-36-32-58-28-26-38(36)50/h1-29,31-32H. The lowest BCUT2D eigenvalue weighted by molar-refractivity contribution is 1.19. The summed E-state index contributed by atoms with van der Waals surface area (Å²) in [4.78, 5) is 19.5. The molecule has 0 N–H and O–H groups in total. The van der Waals surface area contributed by atoms with Crippen LogP contribution in [0.1, 0.15) is 5.56 Å². The van der Waals surface area contributed by atoms with Crippen molar-refractivity contribution in [2.75, 3.05) is 0 Å². The van der Waals surface area contributed by atoms with Gasteiger partial charge in [-0.05, 0) is 107 Å². The van der Waals surface area contributed by atoms with Gasteiger partial charge in [-0.2, -0.15) is 5.26 Å². The zero-order valence-electron chi connectivity index (χ0n) is 32.1. The summed E-state index contributed by atoms with van der Waals surface area (Å²) in [5.74, 6) is 0.651. The maximum Gasteiger partial charge on any atom is 0.161 e. The van der Waals surface area contributed by atoms with Gasteiger partial charge in [0.1, 0.15) is 0 Å². The highest BCUT2D eigenvalue weighted by Crippen LogP contribution is 2.52. The van der Waals surface area contributed by atoms with Gasteiger partial charge in [-0.1, -0.05) is 133 Å². The molecule has 0 atom stereocenters. The summed E-state index contributed by atoms with van der Waals surface area (Å²) in [5.41, 5.74) is 14.8. The Kier molecular flexibility index (Phi) is 7.53. The van der Waals surface area contributed by atoms with Gasteiger partial charge >= 0.3 is 0 Å². The van der Waals surface area contributed by atoms with Crippen molar-refractivity contribution >= 4 is 43.1 Å². The van der Waals surface area contributed by atoms with Crippen LogP contribution in [0.5, 0.6) is 0 Å². The van der Waals surface area contributed by atoms with E-state index in [0.29, 0.717) is 11.4 Å². The van der Waals surface area contributed by atoms with E-state index in [4.69, 9.17) is 9.97 Å². The minimum atomic E-state index is 0.643. The van der Waals surface area contributed by atoms with E-state index in [1.807, 2.05) is 49.1 Å². The molecule has 3 heterocycles. The van der Waals surface area contributed by atoms with Gasteiger partial charge < -0.3 is 0 Å². The molecule has 0 saturated heterocycles. The summed E-state index contributed by atoms with van der Waals surface area (Å²) in [6, 6.07) is 59.9. The Balaban J connectivity index is 1.11. The molecule has 0 bridgehead atoms. The lowest BCUT2D eigenvalue weighted by atomic mass is 9.86. The van der Waals surface area contributed by atoms with Crippen molar-refractivity contribution in [2.24, 2.45) is 0 Å². The molecule has 5 heteroatoms. The summed E-state index contributed by atoms with van der Waals surface area (Å²) >= 11 is 0. The first-order chi connectivity index (χ1) is 29.7. The van der Waals surface area contributed by atoms with Gasteiger partial charge in [0.25, 0.3) is 0 Å². The molecule has 12 rings (SSSR count). The Labute approximate surface area is 345 Å². The third kappa shape index (κ3) is 5.18. The van der Waals surface area contributed by atoms with E-state index >= 15 is 0 Å². The molecule has 0 amide bonds. The second-order valence-corrected chi connectivity index (χ2v) is 15.3. The van der Waals surface area contributed by atoms with E-state index < -0.39 is 0 Å². The van der Waals surface area contributed by atoms with E-state index in [0.717, 1.165) is 82.6 Å². The van der Waals surface area contributed by atoms with Crippen molar-refractivity contribution < 1.29 is 0 Å². The number of hydrogen-bond donors (Lipinski definition) is 0. The van der Waals surface area contributed by atoms with E-state index in [2.05, 4.69) is 156 Å². The average Bonchev–Trinajstić information content (AvgIpc) is 3.65. The van der Waals surface area contributed by atoms with Crippen molar-refractivity contribution in [1.82, 2.24) is 19.9 Å². The van der Waals surface area contributed by atoms with Crippen LogP contribution >= 0.6 is 0 Å². The fourth-order valence-corrected chi connectivity index (χ4v) is 9.35. The lowest BCUT2D eigenvalue weighted by Crippen LogP contribution is -1.98. The molecule has 1 aliphatic carbocycles. The average molecular weight is 762 g/mol. The minimum absolute atomic E-state index is 0.643. The molecule has 8 aromatic carbocycles. The smallest absolute Gasteiger partial charge is 0.161 e. The van der Waals surface area contributed by atoms with E-state index in [1.54, 1.807) is 0 Å². The third-order valence-corrected chi connectivity index (χ3v) is 12.1. The highest BCUT2D eigenvalue weighted by atomic mass is 14.9. The van der Waals surface area contributed by atoms with Gasteiger partial charge in [0.05, 0.1) is 23.0 Å². The first-order valence-corrected chi connectivity index (χ1v) is 20.0. The third-order valence-electron chi connectivity index (χ3n) is 12.1. The Bertz CT molecular complexity index is 3480. The van der Waals surface area contributed by atoms with Crippen LogP contribution in [0.15, 0.2) is 189 Å². The van der Waals surface area contributed by atoms with E-state index in [9.17, 15) is 5.26 Å². The second-order valence-electron chi connectivity index (χ2n) is 15.3. The number of rotatable bonds is 5. The zero-order valence-corrected chi connectivity index (χ0v) is 32.1. The number of aromatic nitrogens is 4. The summed E-state index contributed by atoms with van der Waals surface area (Å²) in [7, 11) is 0. The van der Waals surface area contributed by atoms with Crippen molar-refractivity contribution in [2.45, 2.75) is 0 Å². The van der Waals surface area contributed by atoms with Crippen LogP contribution in [-0.4, -0.2) is 19.9 Å². The molecule has 3 aromatic heterocycles. The molecule has 0 fully saturated rings. The number of pyridine rings is 2. The molecule has 1 aliphatic rings. The maximum atomic E-state index is 9.62. The zero-order chi connectivity index (χ0) is 39.7. The van der Waals surface area contributed by atoms with Crippen LogP contribution in [0.4, 0.5) is 0 Å². The van der Waals surface area contributed by atoms with Crippen molar-refractivity contribution in [3.8, 4) is 84.5 Å². The SMILES string of the molecule is N#Cc1ccc(-c2ccc3c4c(ccc(-c5ccc(-c6cc(-c7cccc8cnccc78)nc(-c7cccc8cnccc78)n6)c6ccccc56)c24)-c2ccccc2-3)cc1. The first kappa shape index (κ1) is 33.8. The van der Waals surface area contributed by atoms with E-state index in [1.165, 1.54) is 33.0 Å². The summed E-state index contributed by atoms with van der Waals surface area (Å²) in [6.45, 7) is 0. The van der Waals surface area contributed by atoms with Gasteiger partial charge in [0.2, 0.25) is 0 Å². The fraction of sp³-hybridized carbons (Fsp3) is 0. The van der Waals surface area contributed by atoms with Gasteiger partial charge in [-0.3, -0.25) is 9.97 Å². The normalized spacial score (nSPS) is 11.7. The minimum Gasteiger partial charge on any atom is -0.264 e. The highest BCUT2D eigenvalue weighted by molar-refractivity contribution is 6.24. The number of nitrogens with zero attached hydrogens (tertiary/aromatic N) is 5. The molecule has 0 saturated carbocycles. The summed E-state index contributed by atoms with van der Waals surface area (Å²) in [5, 5.41) is 18.5. The predicted octanol–water partition coefficient (Wildman–Crippen LogP) is 13.7. The van der Waals surface area contributed by atoms with Gasteiger partial charge in [0, 0.05) is 52.3 Å². The van der Waals surface area contributed by atoms with Crippen LogP contribution in [0, 0.1) is 11.3 Å². The molecule has 0 spiro atoms. The predicted molar refractivity (Wildman–Crippen MR) is 244 cm³/mol. The topological polar surface area (TPSA) is 75.3 Å². The van der Waals surface area contributed by atoms with Gasteiger partial charge in [-0.25, -0.2) is 9.97 Å². The van der Waals surface area contributed by atoms with Gasteiger partial charge in [0.15, 0.2) is 5.82 Å². The number of nitriles is 1. The van der Waals surface area contributed by atoms with Crippen LogP contribution in [-0.2, 0) is 0 Å². The molecule has 276 valence electrons. The maximum absolute atomic E-state index is 9.62. The molecule has 60 heavy (non-hydrogen) atoms. The molecular formula is C55H31N5. The lowest BCUT2D eigenvalue weighted by Gasteiger charge is -2.18. The quantitative estimate of drug-likeness (QED) is 0.175. The largest absolute Gasteiger partial charge is 0.264 e. The van der Waals surface area contributed by atoms with Crippen LogP contribution in [0.2, 0.25) is 0 Å². The monoisotopic (exact) mass is 761 g/mol. The second kappa shape index (κ2) is 13.4. The van der Waals surface area contributed by atoms with Crippen LogP contribution in [0.3, 0.4) is 0 Å². The summed E-state index contributed by atoms with van der Waals surface area (Å²) in [6.07, 6.45) is 7.45. The number of fused-ring (bicyclic) bond motifs is 6. The fourth-order valence-electron chi connectivity index (χ4n) is 9.35. The van der Waals surface area contributed by atoms with Crippen molar-refractivity contribution in [3.63, 3.8) is 0 Å². The first-order valence-electron chi connectivity index (χ1n) is 20.0.